The van der Waals surface area contributed by atoms with Gasteiger partial charge in [-0.05, 0) is 58.6 Å². The molecule has 2 rings (SSSR count). The molecule has 0 unspecified atom stereocenters. The van der Waals surface area contributed by atoms with Crippen molar-refractivity contribution in [2.75, 3.05) is 5.32 Å². The van der Waals surface area contributed by atoms with Crippen LogP contribution in [0.4, 0.5) is 5.69 Å². The molecule has 0 heterocycles. The number of rotatable bonds is 4. The lowest BCUT2D eigenvalue weighted by Crippen LogP contribution is -2.49. The second-order valence-corrected chi connectivity index (χ2v) is 7.66. The molecule has 4 nitrogen and oxygen atoms in total. The number of anilines is 1. The van der Waals surface area contributed by atoms with E-state index < -0.39 is 5.41 Å². The van der Waals surface area contributed by atoms with Crippen molar-refractivity contribution in [3.8, 4) is 0 Å². The molecular formula is C20H30N2O2. The van der Waals surface area contributed by atoms with E-state index in [4.69, 9.17) is 0 Å². The molecule has 0 saturated heterocycles. The molecule has 1 aromatic rings. The van der Waals surface area contributed by atoms with E-state index in [0.29, 0.717) is 0 Å². The Morgan fingerprint density at radius 3 is 2.04 bits per heavy atom. The second-order valence-electron chi connectivity index (χ2n) is 7.66. The first-order valence-corrected chi connectivity index (χ1v) is 8.92. The van der Waals surface area contributed by atoms with Gasteiger partial charge in [-0.25, -0.2) is 0 Å². The van der Waals surface area contributed by atoms with Gasteiger partial charge in [0.2, 0.25) is 11.8 Å². The van der Waals surface area contributed by atoms with E-state index in [1.54, 1.807) is 13.8 Å². The average Bonchev–Trinajstić information content (AvgIpc) is 2.51. The zero-order chi connectivity index (χ0) is 17.9. The number of amides is 2. The Morgan fingerprint density at radius 1 is 0.958 bits per heavy atom. The summed E-state index contributed by atoms with van der Waals surface area (Å²) in [5.74, 6) is -0.444. The Balaban J connectivity index is 2.08. The summed E-state index contributed by atoms with van der Waals surface area (Å²) < 4.78 is 0. The second kappa shape index (κ2) is 7.37. The molecule has 0 aromatic heterocycles. The first-order valence-electron chi connectivity index (χ1n) is 8.92. The molecule has 1 aromatic carbocycles. The molecule has 0 atom stereocenters. The predicted octanol–water partition coefficient (Wildman–Crippen LogP) is 4.03. The van der Waals surface area contributed by atoms with E-state index in [-0.39, 0.29) is 17.9 Å². The van der Waals surface area contributed by atoms with Gasteiger partial charge in [0, 0.05) is 11.7 Å². The van der Waals surface area contributed by atoms with Crippen LogP contribution in [0.15, 0.2) is 12.1 Å². The number of nitrogens with one attached hydrogen (secondary N) is 2. The van der Waals surface area contributed by atoms with Crippen LogP contribution >= 0.6 is 0 Å². The first-order chi connectivity index (χ1) is 11.2. The van der Waals surface area contributed by atoms with Gasteiger partial charge in [0.05, 0.1) is 0 Å². The summed E-state index contributed by atoms with van der Waals surface area (Å²) in [5.41, 5.74) is 2.91. The van der Waals surface area contributed by atoms with E-state index in [1.807, 2.05) is 32.9 Å². The van der Waals surface area contributed by atoms with Gasteiger partial charge in [0.1, 0.15) is 5.41 Å². The van der Waals surface area contributed by atoms with Crippen molar-refractivity contribution in [2.45, 2.75) is 72.8 Å². The molecular weight excluding hydrogens is 300 g/mol. The van der Waals surface area contributed by atoms with Crippen LogP contribution in [0.25, 0.3) is 0 Å². The maximum atomic E-state index is 12.7. The van der Waals surface area contributed by atoms with Crippen LogP contribution in [0.1, 0.15) is 62.6 Å². The monoisotopic (exact) mass is 330 g/mol. The van der Waals surface area contributed by atoms with Crippen molar-refractivity contribution < 1.29 is 9.59 Å². The minimum absolute atomic E-state index is 0.186. The Bertz CT molecular complexity index is 606. The average molecular weight is 330 g/mol. The van der Waals surface area contributed by atoms with Crippen molar-refractivity contribution in [1.82, 2.24) is 5.32 Å². The van der Waals surface area contributed by atoms with E-state index in [1.165, 1.54) is 6.42 Å². The van der Waals surface area contributed by atoms with Crippen LogP contribution in [-0.2, 0) is 9.59 Å². The van der Waals surface area contributed by atoms with Gasteiger partial charge in [-0.15, -0.1) is 0 Å². The number of benzene rings is 1. The van der Waals surface area contributed by atoms with Gasteiger partial charge in [-0.1, -0.05) is 37.0 Å². The van der Waals surface area contributed by atoms with Crippen LogP contribution in [0.3, 0.4) is 0 Å². The molecule has 1 saturated carbocycles. The van der Waals surface area contributed by atoms with E-state index in [9.17, 15) is 9.59 Å². The van der Waals surface area contributed by atoms with Crippen molar-refractivity contribution in [3.63, 3.8) is 0 Å². The maximum absolute atomic E-state index is 12.7. The van der Waals surface area contributed by atoms with Crippen molar-refractivity contribution >= 4 is 17.5 Å². The highest BCUT2D eigenvalue weighted by molar-refractivity contribution is 6.10. The topological polar surface area (TPSA) is 58.2 Å². The van der Waals surface area contributed by atoms with Gasteiger partial charge < -0.3 is 10.6 Å². The zero-order valence-electron chi connectivity index (χ0n) is 15.6. The third-order valence-electron chi connectivity index (χ3n) is 4.99. The van der Waals surface area contributed by atoms with Crippen molar-refractivity contribution in [1.29, 1.82) is 0 Å². The Labute approximate surface area is 145 Å². The molecule has 4 heteroatoms. The molecule has 24 heavy (non-hydrogen) atoms. The first kappa shape index (κ1) is 18.5. The zero-order valence-corrected chi connectivity index (χ0v) is 15.6. The van der Waals surface area contributed by atoms with E-state index >= 15 is 0 Å². The molecule has 0 spiro atoms. The third-order valence-corrected chi connectivity index (χ3v) is 4.99. The normalized spacial score (nSPS) is 15.9. The largest absolute Gasteiger partial charge is 0.352 e. The van der Waals surface area contributed by atoms with Crippen molar-refractivity contribution in [2.24, 2.45) is 5.41 Å². The molecule has 0 aliphatic heterocycles. The molecule has 1 aliphatic rings. The van der Waals surface area contributed by atoms with E-state index in [2.05, 4.69) is 10.6 Å². The molecule has 0 radical (unpaired) electrons. The van der Waals surface area contributed by atoms with Gasteiger partial charge in [-0.2, -0.15) is 0 Å². The fourth-order valence-corrected chi connectivity index (χ4v) is 3.36. The number of carbonyl (C=O) groups is 2. The summed E-state index contributed by atoms with van der Waals surface area (Å²) in [5, 5.41) is 6.03. The quantitative estimate of drug-likeness (QED) is 0.819. The fourth-order valence-electron chi connectivity index (χ4n) is 3.36. The number of carbonyl (C=O) groups excluding carboxylic acids is 2. The van der Waals surface area contributed by atoms with Crippen LogP contribution in [0.5, 0.6) is 0 Å². The van der Waals surface area contributed by atoms with Crippen LogP contribution in [0.2, 0.25) is 0 Å². The fraction of sp³-hybridized carbons (Fsp3) is 0.600. The van der Waals surface area contributed by atoms with Gasteiger partial charge >= 0.3 is 0 Å². The number of hydrogen-bond acceptors (Lipinski definition) is 2. The Hall–Kier alpha value is -1.84. The summed E-state index contributed by atoms with van der Waals surface area (Å²) in [6.45, 7) is 9.38. The van der Waals surface area contributed by atoms with E-state index in [0.717, 1.165) is 48.1 Å². The van der Waals surface area contributed by atoms with Gasteiger partial charge in [0.15, 0.2) is 0 Å². The minimum atomic E-state index is -1.10. The molecule has 132 valence electrons. The van der Waals surface area contributed by atoms with Crippen molar-refractivity contribution in [3.05, 3.63) is 28.8 Å². The number of aryl methyl sites for hydroxylation is 3. The molecule has 2 N–H and O–H groups in total. The molecule has 1 aliphatic carbocycles. The van der Waals surface area contributed by atoms with Gasteiger partial charge in [0.25, 0.3) is 0 Å². The minimum Gasteiger partial charge on any atom is -0.352 e. The third kappa shape index (κ3) is 4.16. The van der Waals surface area contributed by atoms with Gasteiger partial charge in [-0.3, -0.25) is 9.59 Å². The molecule has 2 amide bonds. The smallest absolute Gasteiger partial charge is 0.239 e. The number of hydrogen-bond donors (Lipinski definition) is 2. The summed E-state index contributed by atoms with van der Waals surface area (Å²) in [4.78, 5) is 25.4. The van der Waals surface area contributed by atoms with Crippen LogP contribution in [0, 0.1) is 26.2 Å². The predicted molar refractivity (Wildman–Crippen MR) is 98.1 cm³/mol. The lowest BCUT2D eigenvalue weighted by atomic mass is 9.88. The highest BCUT2D eigenvalue weighted by Crippen LogP contribution is 2.26. The standard InChI is InChI=1S/C20H30N2O2/c1-13-11-14(2)17(15(3)12-13)22-19(24)20(4,5)18(23)21-16-9-7-6-8-10-16/h11-12,16H,6-10H2,1-5H3,(H,21,23)(H,22,24). The maximum Gasteiger partial charge on any atom is 0.239 e. The molecule has 0 bridgehead atoms. The lowest BCUT2D eigenvalue weighted by molar-refractivity contribution is -0.139. The summed E-state index contributed by atoms with van der Waals surface area (Å²) in [6.07, 6.45) is 5.57. The lowest BCUT2D eigenvalue weighted by Gasteiger charge is -2.29. The summed E-state index contributed by atoms with van der Waals surface area (Å²) in [7, 11) is 0. The Morgan fingerprint density at radius 2 is 1.50 bits per heavy atom. The Kier molecular flexibility index (Phi) is 5.68. The highest BCUT2D eigenvalue weighted by Gasteiger charge is 2.37. The summed E-state index contributed by atoms with van der Waals surface area (Å²) >= 11 is 0. The molecule has 1 fully saturated rings. The SMILES string of the molecule is Cc1cc(C)c(NC(=O)C(C)(C)C(=O)NC2CCCCC2)c(C)c1. The van der Waals surface area contributed by atoms with Crippen LogP contribution < -0.4 is 10.6 Å². The highest BCUT2D eigenvalue weighted by atomic mass is 16.2. The summed E-state index contributed by atoms with van der Waals surface area (Å²) in [6, 6.07) is 4.29. The van der Waals surface area contributed by atoms with Crippen LogP contribution in [-0.4, -0.2) is 17.9 Å².